The number of hydrogen-bond acceptors (Lipinski definition) is 4. The van der Waals surface area contributed by atoms with E-state index in [1.54, 1.807) is 27.7 Å². The minimum atomic E-state index is -0.702. The predicted octanol–water partition coefficient (Wildman–Crippen LogP) is 1.91. The molecule has 94 valence electrons. The summed E-state index contributed by atoms with van der Waals surface area (Å²) in [6, 6.07) is -0.702. The van der Waals surface area contributed by atoms with Gasteiger partial charge in [-0.3, -0.25) is 9.36 Å². The summed E-state index contributed by atoms with van der Waals surface area (Å²) in [6.07, 6.45) is 2.71. The molecule has 0 saturated carbocycles. The maximum absolute atomic E-state index is 11.8. The fraction of sp³-hybridized carbons (Fsp3) is 0.545. The minimum absolute atomic E-state index is 0.307. The number of carbonyl (C=O) groups is 1. The topological polar surface area (TPSA) is 61.2 Å². The summed E-state index contributed by atoms with van der Waals surface area (Å²) >= 11 is 3.08. The molecule has 0 aromatic carbocycles. The molecule has 0 N–H and O–H groups in total. The van der Waals surface area contributed by atoms with E-state index in [-0.39, 0.29) is 5.56 Å². The van der Waals surface area contributed by atoms with Crippen LogP contribution in [0.3, 0.4) is 0 Å². The number of nitrogens with zero attached hydrogens (tertiary/aromatic N) is 2. The molecule has 1 unspecified atom stereocenters. The zero-order valence-corrected chi connectivity index (χ0v) is 11.8. The van der Waals surface area contributed by atoms with Gasteiger partial charge in [0.2, 0.25) is 0 Å². The van der Waals surface area contributed by atoms with Gasteiger partial charge in [0.25, 0.3) is 5.56 Å². The number of hydrogen-bond donors (Lipinski definition) is 0. The number of rotatable bonds is 2. The van der Waals surface area contributed by atoms with Crippen molar-refractivity contribution in [2.24, 2.45) is 0 Å². The summed E-state index contributed by atoms with van der Waals surface area (Å²) in [5, 5.41) is 0. The zero-order chi connectivity index (χ0) is 13.2. The molecule has 0 aliphatic carbocycles. The van der Waals surface area contributed by atoms with Crippen LogP contribution in [0.2, 0.25) is 0 Å². The minimum Gasteiger partial charge on any atom is -0.458 e. The van der Waals surface area contributed by atoms with Gasteiger partial charge in [-0.15, -0.1) is 0 Å². The Bertz CT molecular complexity index is 476. The van der Waals surface area contributed by atoms with Crippen LogP contribution in [-0.2, 0) is 9.53 Å². The van der Waals surface area contributed by atoms with Crippen molar-refractivity contribution in [3.8, 4) is 0 Å². The van der Waals surface area contributed by atoms with Crippen LogP contribution in [0.5, 0.6) is 0 Å². The first-order valence-corrected chi connectivity index (χ1v) is 5.96. The average molecular weight is 303 g/mol. The lowest BCUT2D eigenvalue weighted by Crippen LogP contribution is -2.33. The highest BCUT2D eigenvalue weighted by Gasteiger charge is 2.23. The molecule has 0 spiro atoms. The molecule has 5 nitrogen and oxygen atoms in total. The summed E-state index contributed by atoms with van der Waals surface area (Å²) in [6.45, 7) is 6.93. The molecule has 0 aliphatic heterocycles. The Balaban J connectivity index is 2.97. The fourth-order valence-electron chi connectivity index (χ4n) is 1.18. The Morgan fingerprint density at radius 1 is 1.53 bits per heavy atom. The molecule has 0 fully saturated rings. The first kappa shape index (κ1) is 13.9. The second-order valence-electron chi connectivity index (χ2n) is 4.66. The van der Waals surface area contributed by atoms with Crippen LogP contribution in [0, 0.1) is 0 Å². The molecule has 0 bridgehead atoms. The SMILES string of the molecule is CC(C(=O)OC(C)(C)C)n1cncc(Br)c1=O. The first-order valence-electron chi connectivity index (χ1n) is 5.17. The van der Waals surface area contributed by atoms with Crippen LogP contribution in [0.25, 0.3) is 0 Å². The van der Waals surface area contributed by atoms with Gasteiger partial charge in [0, 0.05) is 6.20 Å². The van der Waals surface area contributed by atoms with Gasteiger partial charge in [-0.2, -0.15) is 0 Å². The lowest BCUT2D eigenvalue weighted by molar-refractivity contribution is -0.158. The molecule has 1 atom stereocenters. The highest BCUT2D eigenvalue weighted by molar-refractivity contribution is 9.10. The molecule has 0 amide bonds. The predicted molar refractivity (Wildman–Crippen MR) is 66.8 cm³/mol. The Kier molecular flexibility index (Phi) is 4.08. The van der Waals surface area contributed by atoms with Gasteiger partial charge in [0.05, 0.1) is 6.33 Å². The van der Waals surface area contributed by atoms with E-state index in [1.807, 2.05) is 0 Å². The number of carbonyl (C=O) groups excluding carboxylic acids is 1. The van der Waals surface area contributed by atoms with Crippen LogP contribution in [0.1, 0.15) is 33.7 Å². The van der Waals surface area contributed by atoms with Crippen LogP contribution in [0.15, 0.2) is 21.8 Å². The van der Waals surface area contributed by atoms with E-state index in [9.17, 15) is 9.59 Å². The molecular weight excluding hydrogens is 288 g/mol. The molecule has 1 aromatic rings. The molecule has 0 saturated heterocycles. The molecule has 0 aliphatic rings. The highest BCUT2D eigenvalue weighted by atomic mass is 79.9. The lowest BCUT2D eigenvalue weighted by Gasteiger charge is -2.22. The second-order valence-corrected chi connectivity index (χ2v) is 5.52. The van der Waals surface area contributed by atoms with Crippen molar-refractivity contribution in [1.29, 1.82) is 0 Å². The van der Waals surface area contributed by atoms with Gasteiger partial charge >= 0.3 is 5.97 Å². The van der Waals surface area contributed by atoms with E-state index in [2.05, 4.69) is 20.9 Å². The normalized spacial score (nSPS) is 13.2. The summed E-state index contributed by atoms with van der Waals surface area (Å²) < 4.78 is 6.76. The van der Waals surface area contributed by atoms with Gasteiger partial charge < -0.3 is 4.74 Å². The Hall–Kier alpha value is -1.17. The quantitative estimate of drug-likeness (QED) is 0.783. The average Bonchev–Trinajstić information content (AvgIpc) is 2.18. The zero-order valence-electron chi connectivity index (χ0n) is 10.2. The maximum atomic E-state index is 11.8. The number of esters is 1. The Morgan fingerprint density at radius 3 is 2.65 bits per heavy atom. The molecule has 17 heavy (non-hydrogen) atoms. The van der Waals surface area contributed by atoms with E-state index in [0.717, 1.165) is 0 Å². The van der Waals surface area contributed by atoms with Gasteiger partial charge in [0.1, 0.15) is 16.1 Å². The smallest absolute Gasteiger partial charge is 0.329 e. The molecule has 6 heteroatoms. The second kappa shape index (κ2) is 5.00. The third-order valence-electron chi connectivity index (χ3n) is 1.98. The fourth-order valence-corrected chi connectivity index (χ4v) is 1.50. The van der Waals surface area contributed by atoms with Crippen molar-refractivity contribution in [1.82, 2.24) is 9.55 Å². The maximum Gasteiger partial charge on any atom is 0.329 e. The van der Waals surface area contributed by atoms with Crippen molar-refractivity contribution >= 4 is 21.9 Å². The van der Waals surface area contributed by atoms with Crippen molar-refractivity contribution < 1.29 is 9.53 Å². The summed E-state index contributed by atoms with van der Waals surface area (Å²) in [5.74, 6) is -0.459. The van der Waals surface area contributed by atoms with Crippen molar-refractivity contribution in [3.63, 3.8) is 0 Å². The van der Waals surface area contributed by atoms with Crippen LogP contribution in [0.4, 0.5) is 0 Å². The molecule has 1 aromatic heterocycles. The first-order chi connectivity index (χ1) is 7.72. The lowest BCUT2D eigenvalue weighted by atomic mass is 10.2. The Morgan fingerprint density at radius 2 is 2.12 bits per heavy atom. The third kappa shape index (κ3) is 3.66. The summed E-state index contributed by atoms with van der Waals surface area (Å²) in [5.41, 5.74) is -0.882. The summed E-state index contributed by atoms with van der Waals surface area (Å²) in [7, 11) is 0. The van der Waals surface area contributed by atoms with Gasteiger partial charge in [0.15, 0.2) is 0 Å². The molecule has 1 rings (SSSR count). The standard InChI is InChI=1S/C11H15BrN2O3/c1-7(10(16)17-11(2,3)4)14-6-13-5-8(12)9(14)15/h5-7H,1-4H3. The number of ether oxygens (including phenoxy) is 1. The molecular formula is C11H15BrN2O3. The van der Waals surface area contributed by atoms with Crippen molar-refractivity contribution in [2.75, 3.05) is 0 Å². The van der Waals surface area contributed by atoms with Crippen LogP contribution < -0.4 is 5.56 Å². The van der Waals surface area contributed by atoms with E-state index in [4.69, 9.17) is 4.74 Å². The van der Waals surface area contributed by atoms with E-state index in [0.29, 0.717) is 4.47 Å². The monoisotopic (exact) mass is 302 g/mol. The summed E-state index contributed by atoms with van der Waals surface area (Å²) in [4.78, 5) is 27.4. The van der Waals surface area contributed by atoms with E-state index in [1.165, 1.54) is 17.1 Å². The highest BCUT2D eigenvalue weighted by Crippen LogP contribution is 2.13. The van der Waals surface area contributed by atoms with Crippen LogP contribution >= 0.6 is 15.9 Å². The molecule has 1 heterocycles. The van der Waals surface area contributed by atoms with E-state index < -0.39 is 17.6 Å². The van der Waals surface area contributed by atoms with Gasteiger partial charge in [-0.1, -0.05) is 0 Å². The third-order valence-corrected chi connectivity index (χ3v) is 2.53. The van der Waals surface area contributed by atoms with Gasteiger partial charge in [-0.05, 0) is 43.6 Å². The molecule has 0 radical (unpaired) electrons. The number of halogens is 1. The van der Waals surface area contributed by atoms with E-state index >= 15 is 0 Å². The Labute approximate surface area is 108 Å². The van der Waals surface area contributed by atoms with Gasteiger partial charge in [-0.25, -0.2) is 9.78 Å². The van der Waals surface area contributed by atoms with Crippen molar-refractivity contribution in [2.45, 2.75) is 39.3 Å². The van der Waals surface area contributed by atoms with Crippen molar-refractivity contribution in [3.05, 3.63) is 27.4 Å². The van der Waals surface area contributed by atoms with Crippen LogP contribution in [-0.4, -0.2) is 21.1 Å². The largest absolute Gasteiger partial charge is 0.458 e. The number of aromatic nitrogens is 2.